The maximum atomic E-state index is 13.6. The van der Waals surface area contributed by atoms with Crippen LogP contribution in [0.3, 0.4) is 0 Å². The molecule has 9 heteroatoms. The maximum Gasteiger partial charge on any atom is 0.409 e. The van der Waals surface area contributed by atoms with E-state index in [2.05, 4.69) is 4.90 Å². The molecule has 0 radical (unpaired) electrons. The van der Waals surface area contributed by atoms with Gasteiger partial charge in [0.15, 0.2) is 0 Å². The Morgan fingerprint density at radius 1 is 1.12 bits per heavy atom. The third-order valence-corrected chi connectivity index (χ3v) is 5.95. The summed E-state index contributed by atoms with van der Waals surface area (Å²) >= 11 is 0. The monoisotopic (exact) mass is 459 g/mol. The summed E-state index contributed by atoms with van der Waals surface area (Å²) in [5, 5.41) is 10.9. The minimum atomic E-state index is -0.484. The number of amides is 1. The third kappa shape index (κ3) is 5.48. The summed E-state index contributed by atoms with van der Waals surface area (Å²) in [5.74, 6) is 0.662. The standard InChI is InChI=1S/C24H33N3O6/c1-5-33-24(30)26-12-10-25(11-13-26)22(18-6-8-19(32-4)9-7-18)21-20(28)16-17(2)27(23(21)29)14-15-31-3/h6-9,16,22,28H,5,10-15H2,1-4H3/t22-/m0/s1. The van der Waals surface area contributed by atoms with E-state index in [-0.39, 0.29) is 17.4 Å². The highest BCUT2D eigenvalue weighted by molar-refractivity contribution is 5.67. The second-order valence-corrected chi connectivity index (χ2v) is 7.93. The van der Waals surface area contributed by atoms with E-state index in [9.17, 15) is 14.7 Å². The largest absolute Gasteiger partial charge is 0.507 e. The van der Waals surface area contributed by atoms with Crippen molar-refractivity contribution in [3.63, 3.8) is 0 Å². The van der Waals surface area contributed by atoms with Crippen molar-refractivity contribution in [1.82, 2.24) is 14.4 Å². The van der Waals surface area contributed by atoms with Gasteiger partial charge in [0.2, 0.25) is 0 Å². The van der Waals surface area contributed by atoms with Crippen LogP contribution in [0.2, 0.25) is 0 Å². The Balaban J connectivity index is 2.02. The first-order chi connectivity index (χ1) is 15.9. The molecule has 1 N–H and O–H groups in total. The van der Waals surface area contributed by atoms with Gasteiger partial charge in [0.1, 0.15) is 11.5 Å². The summed E-state index contributed by atoms with van der Waals surface area (Å²) in [5.41, 5.74) is 1.58. The topological polar surface area (TPSA) is 93.5 Å². The van der Waals surface area contributed by atoms with Gasteiger partial charge in [-0.25, -0.2) is 4.79 Å². The number of carbonyl (C=O) groups excluding carboxylic acids is 1. The van der Waals surface area contributed by atoms with Gasteiger partial charge >= 0.3 is 6.09 Å². The predicted molar refractivity (Wildman–Crippen MR) is 124 cm³/mol. The molecule has 1 aliphatic rings. The number of aromatic hydroxyl groups is 1. The summed E-state index contributed by atoms with van der Waals surface area (Å²) in [7, 11) is 3.19. The van der Waals surface area contributed by atoms with Crippen LogP contribution < -0.4 is 10.3 Å². The van der Waals surface area contributed by atoms with Crippen LogP contribution in [-0.2, 0) is 16.0 Å². The minimum Gasteiger partial charge on any atom is -0.507 e. The van der Waals surface area contributed by atoms with Crippen molar-refractivity contribution in [1.29, 1.82) is 0 Å². The van der Waals surface area contributed by atoms with Crippen molar-refractivity contribution in [2.75, 3.05) is 53.6 Å². The SMILES string of the molecule is CCOC(=O)N1CCN([C@@H](c2ccc(OC)cc2)c2c(O)cc(C)n(CCOC)c2=O)CC1. The Morgan fingerprint density at radius 2 is 1.79 bits per heavy atom. The van der Waals surface area contributed by atoms with Gasteiger partial charge in [-0.15, -0.1) is 0 Å². The smallest absolute Gasteiger partial charge is 0.409 e. The number of nitrogens with zero attached hydrogens (tertiary/aromatic N) is 3. The molecule has 1 aromatic heterocycles. The lowest BCUT2D eigenvalue weighted by Crippen LogP contribution is -2.50. The molecule has 1 aromatic carbocycles. The summed E-state index contributed by atoms with van der Waals surface area (Å²) in [6.07, 6.45) is -0.335. The molecule has 2 aromatic rings. The van der Waals surface area contributed by atoms with Gasteiger partial charge in [-0.05, 0) is 37.6 Å². The molecule has 1 fully saturated rings. The Bertz CT molecular complexity index is 996. The molecular weight excluding hydrogens is 426 g/mol. The lowest BCUT2D eigenvalue weighted by molar-refractivity contribution is 0.0708. The summed E-state index contributed by atoms with van der Waals surface area (Å²) < 4.78 is 17.2. The first-order valence-corrected chi connectivity index (χ1v) is 11.1. The highest BCUT2D eigenvalue weighted by Gasteiger charge is 2.32. The van der Waals surface area contributed by atoms with Crippen LogP contribution in [0.5, 0.6) is 11.5 Å². The summed E-state index contributed by atoms with van der Waals surface area (Å²) in [6, 6.07) is 8.62. The van der Waals surface area contributed by atoms with Crippen molar-refractivity contribution in [3.05, 3.63) is 57.5 Å². The fraction of sp³-hybridized carbons (Fsp3) is 0.500. The molecule has 1 amide bonds. The van der Waals surface area contributed by atoms with Gasteiger partial charge in [0.25, 0.3) is 5.56 Å². The van der Waals surface area contributed by atoms with Crippen LogP contribution in [0.1, 0.15) is 29.8 Å². The molecular formula is C24H33N3O6. The zero-order valence-corrected chi connectivity index (χ0v) is 19.7. The fourth-order valence-electron chi connectivity index (χ4n) is 4.21. The first kappa shape index (κ1) is 24.6. The van der Waals surface area contributed by atoms with Crippen molar-refractivity contribution in [3.8, 4) is 11.5 Å². The van der Waals surface area contributed by atoms with E-state index in [1.807, 2.05) is 24.3 Å². The Labute approximate surface area is 194 Å². The average Bonchev–Trinajstić information content (AvgIpc) is 2.82. The van der Waals surface area contributed by atoms with E-state index < -0.39 is 6.04 Å². The quantitative estimate of drug-likeness (QED) is 0.648. The maximum absolute atomic E-state index is 13.6. The van der Waals surface area contributed by atoms with Gasteiger partial charge in [-0.3, -0.25) is 9.69 Å². The van der Waals surface area contributed by atoms with Gasteiger partial charge in [-0.2, -0.15) is 0 Å². The Hall–Kier alpha value is -3.04. The van der Waals surface area contributed by atoms with E-state index in [0.717, 1.165) is 5.56 Å². The lowest BCUT2D eigenvalue weighted by atomic mass is 9.96. The van der Waals surface area contributed by atoms with Crippen molar-refractivity contribution in [2.45, 2.75) is 26.4 Å². The third-order valence-electron chi connectivity index (χ3n) is 5.95. The number of piperazine rings is 1. The van der Waals surface area contributed by atoms with Gasteiger partial charge < -0.3 is 28.8 Å². The number of methoxy groups -OCH3 is 2. The van der Waals surface area contributed by atoms with Gasteiger partial charge in [0.05, 0.1) is 31.9 Å². The molecule has 33 heavy (non-hydrogen) atoms. The molecule has 180 valence electrons. The molecule has 9 nitrogen and oxygen atoms in total. The molecule has 2 heterocycles. The molecule has 0 bridgehead atoms. The predicted octanol–water partition coefficient (Wildman–Crippen LogP) is 2.38. The number of rotatable bonds is 8. The van der Waals surface area contributed by atoms with E-state index in [1.165, 1.54) is 0 Å². The van der Waals surface area contributed by atoms with Gasteiger partial charge in [0, 0.05) is 45.5 Å². The van der Waals surface area contributed by atoms with Gasteiger partial charge in [-0.1, -0.05) is 12.1 Å². The second-order valence-electron chi connectivity index (χ2n) is 7.93. The molecule has 1 saturated heterocycles. The number of carbonyl (C=O) groups is 1. The number of pyridine rings is 1. The number of benzene rings is 1. The van der Waals surface area contributed by atoms with Crippen LogP contribution >= 0.6 is 0 Å². The number of hydrogen-bond donors (Lipinski definition) is 1. The molecule has 0 unspecified atom stereocenters. The number of ether oxygens (including phenoxy) is 3. The molecule has 0 saturated carbocycles. The van der Waals surface area contributed by atoms with Crippen molar-refractivity contribution < 1.29 is 24.1 Å². The Kier molecular flexibility index (Phi) is 8.35. The van der Waals surface area contributed by atoms with E-state index in [0.29, 0.717) is 62.9 Å². The zero-order valence-electron chi connectivity index (χ0n) is 19.7. The van der Waals surface area contributed by atoms with Crippen molar-refractivity contribution in [2.24, 2.45) is 0 Å². The minimum absolute atomic E-state index is 0.0418. The van der Waals surface area contributed by atoms with E-state index in [1.54, 1.807) is 43.6 Å². The summed E-state index contributed by atoms with van der Waals surface area (Å²) in [6.45, 7) is 6.67. The number of aryl methyl sites for hydroxylation is 1. The number of aromatic nitrogens is 1. The van der Waals surface area contributed by atoms with Crippen molar-refractivity contribution >= 4 is 6.09 Å². The van der Waals surface area contributed by atoms with Crippen LogP contribution in [0.4, 0.5) is 4.79 Å². The number of hydrogen-bond acceptors (Lipinski definition) is 7. The second kappa shape index (κ2) is 11.2. The van der Waals surface area contributed by atoms with Crippen LogP contribution in [0, 0.1) is 6.92 Å². The fourth-order valence-corrected chi connectivity index (χ4v) is 4.21. The van der Waals surface area contributed by atoms with E-state index >= 15 is 0 Å². The highest BCUT2D eigenvalue weighted by atomic mass is 16.6. The Morgan fingerprint density at radius 3 is 2.36 bits per heavy atom. The molecule has 3 rings (SSSR count). The van der Waals surface area contributed by atoms with Crippen LogP contribution in [-0.4, -0.2) is 79.2 Å². The first-order valence-electron chi connectivity index (χ1n) is 11.1. The highest BCUT2D eigenvalue weighted by Crippen LogP contribution is 2.34. The normalized spacial score (nSPS) is 15.3. The van der Waals surface area contributed by atoms with Crippen LogP contribution in [0.25, 0.3) is 0 Å². The van der Waals surface area contributed by atoms with E-state index in [4.69, 9.17) is 14.2 Å². The molecule has 0 aliphatic carbocycles. The lowest BCUT2D eigenvalue weighted by Gasteiger charge is -2.39. The average molecular weight is 460 g/mol. The molecule has 0 spiro atoms. The molecule has 1 atom stereocenters. The summed E-state index contributed by atoms with van der Waals surface area (Å²) in [4.78, 5) is 29.5. The molecule has 1 aliphatic heterocycles. The zero-order chi connectivity index (χ0) is 24.0. The van der Waals surface area contributed by atoms with Crippen LogP contribution in [0.15, 0.2) is 35.1 Å².